The van der Waals surface area contributed by atoms with Crippen LogP contribution in [0.1, 0.15) is 27.2 Å². The van der Waals surface area contributed by atoms with Gasteiger partial charge in [0.2, 0.25) is 0 Å². The molecule has 0 bridgehead atoms. The van der Waals surface area contributed by atoms with Gasteiger partial charge in [-0.2, -0.15) is 0 Å². The number of hydrogen-bond acceptors (Lipinski definition) is 2. The molecule has 0 aromatic rings. The van der Waals surface area contributed by atoms with Crippen molar-refractivity contribution in [2.45, 2.75) is 32.8 Å². The van der Waals surface area contributed by atoms with E-state index in [0.29, 0.717) is 5.92 Å². The van der Waals surface area contributed by atoms with Gasteiger partial charge >= 0.3 is 0 Å². The van der Waals surface area contributed by atoms with E-state index in [-0.39, 0.29) is 0 Å². The first-order valence-electron chi connectivity index (χ1n) is 4.18. The number of rotatable bonds is 4. The number of aliphatic hydroxyl groups is 1. The summed E-state index contributed by atoms with van der Waals surface area (Å²) in [5.74, 6) is 0.560. The van der Waals surface area contributed by atoms with E-state index in [2.05, 4.69) is 25.9 Å². The zero-order valence-electron chi connectivity index (χ0n) is 8.39. The highest BCUT2D eigenvalue weighted by Gasteiger charge is 2.17. The maximum absolute atomic E-state index is 9.48. The molecule has 0 aliphatic carbocycles. The van der Waals surface area contributed by atoms with Crippen LogP contribution in [0, 0.1) is 5.92 Å². The Balaban J connectivity index is 3.61. The normalized spacial score (nSPS) is 15.5. The average Bonchev–Trinajstić information content (AvgIpc) is 1.53. The molecule has 11 heavy (non-hydrogen) atoms. The monoisotopic (exact) mass is 159 g/mol. The van der Waals surface area contributed by atoms with Gasteiger partial charge in [-0.1, -0.05) is 6.92 Å². The molecule has 2 nitrogen and oxygen atoms in total. The summed E-state index contributed by atoms with van der Waals surface area (Å²) in [6, 6.07) is 0. The van der Waals surface area contributed by atoms with Gasteiger partial charge in [0, 0.05) is 6.54 Å². The number of hydrogen-bond donors (Lipinski definition) is 1. The molecule has 0 aliphatic heterocycles. The van der Waals surface area contributed by atoms with Crippen molar-refractivity contribution in [1.82, 2.24) is 4.90 Å². The maximum atomic E-state index is 9.48. The van der Waals surface area contributed by atoms with E-state index < -0.39 is 5.60 Å². The second kappa shape index (κ2) is 4.07. The van der Waals surface area contributed by atoms with Crippen LogP contribution in [0.15, 0.2) is 0 Å². The van der Waals surface area contributed by atoms with Crippen molar-refractivity contribution in [3.8, 4) is 0 Å². The molecular formula is C9H21NO. The Bertz CT molecular complexity index is 105. The van der Waals surface area contributed by atoms with Gasteiger partial charge in [0.1, 0.15) is 0 Å². The van der Waals surface area contributed by atoms with E-state index in [1.165, 1.54) is 0 Å². The molecule has 68 valence electrons. The van der Waals surface area contributed by atoms with Crippen molar-refractivity contribution in [2.24, 2.45) is 5.92 Å². The summed E-state index contributed by atoms with van der Waals surface area (Å²) in [5.41, 5.74) is -0.518. The molecule has 0 fully saturated rings. The maximum Gasteiger partial charge on any atom is 0.0594 e. The third kappa shape index (κ3) is 7.82. The Labute approximate surface area is 70.2 Å². The lowest BCUT2D eigenvalue weighted by Gasteiger charge is -2.24. The first-order chi connectivity index (χ1) is 4.81. The largest absolute Gasteiger partial charge is 0.390 e. The molecule has 1 N–H and O–H groups in total. The third-order valence-corrected chi connectivity index (χ3v) is 1.52. The molecule has 0 saturated heterocycles. The topological polar surface area (TPSA) is 23.5 Å². The first-order valence-corrected chi connectivity index (χ1v) is 4.18. The summed E-state index contributed by atoms with van der Waals surface area (Å²) in [5, 5.41) is 9.48. The minimum atomic E-state index is -0.518. The summed E-state index contributed by atoms with van der Waals surface area (Å²) in [6.45, 7) is 6.93. The molecule has 0 saturated carbocycles. The van der Waals surface area contributed by atoms with E-state index in [9.17, 15) is 5.11 Å². The third-order valence-electron chi connectivity index (χ3n) is 1.52. The molecule has 0 aliphatic rings. The lowest BCUT2D eigenvalue weighted by atomic mass is 9.95. The average molecular weight is 159 g/mol. The molecule has 0 rings (SSSR count). The van der Waals surface area contributed by atoms with E-state index in [0.717, 1.165) is 13.0 Å². The highest BCUT2D eigenvalue weighted by Crippen LogP contribution is 2.15. The first kappa shape index (κ1) is 10.9. The summed E-state index contributed by atoms with van der Waals surface area (Å²) < 4.78 is 0. The SMILES string of the molecule is CC(CN(C)C)CC(C)(C)O. The minimum absolute atomic E-state index is 0.518. The van der Waals surface area contributed by atoms with E-state index >= 15 is 0 Å². The highest BCUT2D eigenvalue weighted by molar-refractivity contribution is 4.70. The van der Waals surface area contributed by atoms with E-state index in [4.69, 9.17) is 0 Å². The molecule has 0 heterocycles. The second-order valence-electron chi connectivity index (χ2n) is 4.38. The van der Waals surface area contributed by atoms with Gasteiger partial charge in [-0.3, -0.25) is 0 Å². The van der Waals surface area contributed by atoms with Crippen molar-refractivity contribution < 1.29 is 5.11 Å². The van der Waals surface area contributed by atoms with E-state index in [1.807, 2.05) is 13.8 Å². The Morgan fingerprint density at radius 3 is 2.09 bits per heavy atom. The van der Waals surface area contributed by atoms with Crippen molar-refractivity contribution in [3.63, 3.8) is 0 Å². The lowest BCUT2D eigenvalue weighted by molar-refractivity contribution is 0.0511. The van der Waals surface area contributed by atoms with Crippen molar-refractivity contribution >= 4 is 0 Å². The predicted octanol–water partition coefficient (Wildman–Crippen LogP) is 1.35. The molecule has 0 amide bonds. The van der Waals surface area contributed by atoms with Gasteiger partial charge in [0.25, 0.3) is 0 Å². The van der Waals surface area contributed by atoms with Gasteiger partial charge in [-0.15, -0.1) is 0 Å². The van der Waals surface area contributed by atoms with Crippen LogP contribution in [-0.4, -0.2) is 36.2 Å². The molecule has 0 aromatic carbocycles. The fourth-order valence-corrected chi connectivity index (χ4v) is 1.54. The molecule has 0 radical (unpaired) electrons. The minimum Gasteiger partial charge on any atom is -0.390 e. The van der Waals surface area contributed by atoms with Gasteiger partial charge in [0.05, 0.1) is 5.60 Å². The zero-order valence-corrected chi connectivity index (χ0v) is 8.39. The molecule has 2 heteroatoms. The van der Waals surface area contributed by atoms with Crippen LogP contribution in [0.4, 0.5) is 0 Å². The van der Waals surface area contributed by atoms with Gasteiger partial charge < -0.3 is 10.0 Å². The Morgan fingerprint density at radius 1 is 1.36 bits per heavy atom. The smallest absolute Gasteiger partial charge is 0.0594 e. The fourth-order valence-electron chi connectivity index (χ4n) is 1.54. The van der Waals surface area contributed by atoms with Crippen molar-refractivity contribution in [2.75, 3.05) is 20.6 Å². The van der Waals surface area contributed by atoms with Crippen LogP contribution in [0.2, 0.25) is 0 Å². The summed E-state index contributed by atoms with van der Waals surface area (Å²) in [7, 11) is 4.11. The molecule has 0 aromatic heterocycles. The van der Waals surface area contributed by atoms with Crippen LogP contribution >= 0.6 is 0 Å². The van der Waals surface area contributed by atoms with Gasteiger partial charge in [-0.25, -0.2) is 0 Å². The lowest BCUT2D eigenvalue weighted by Crippen LogP contribution is -2.28. The Kier molecular flexibility index (Phi) is 4.04. The Morgan fingerprint density at radius 2 is 1.82 bits per heavy atom. The van der Waals surface area contributed by atoms with E-state index in [1.54, 1.807) is 0 Å². The quantitative estimate of drug-likeness (QED) is 0.669. The predicted molar refractivity (Wildman–Crippen MR) is 48.6 cm³/mol. The van der Waals surface area contributed by atoms with Gasteiger partial charge in [-0.05, 0) is 40.3 Å². The molecule has 1 unspecified atom stereocenters. The molecular weight excluding hydrogens is 138 g/mol. The van der Waals surface area contributed by atoms with Crippen LogP contribution in [0.25, 0.3) is 0 Å². The van der Waals surface area contributed by atoms with Crippen LogP contribution < -0.4 is 0 Å². The molecule has 0 spiro atoms. The summed E-state index contributed by atoms with van der Waals surface area (Å²) in [6.07, 6.45) is 0.866. The van der Waals surface area contributed by atoms with Crippen LogP contribution in [-0.2, 0) is 0 Å². The fraction of sp³-hybridized carbons (Fsp3) is 1.00. The van der Waals surface area contributed by atoms with Crippen molar-refractivity contribution in [1.29, 1.82) is 0 Å². The highest BCUT2D eigenvalue weighted by atomic mass is 16.3. The molecule has 1 atom stereocenters. The second-order valence-corrected chi connectivity index (χ2v) is 4.38. The van der Waals surface area contributed by atoms with Gasteiger partial charge in [0.15, 0.2) is 0 Å². The standard InChI is InChI=1S/C9H21NO/c1-8(7-10(4)5)6-9(2,3)11/h8,11H,6-7H2,1-5H3. The number of nitrogens with zero attached hydrogens (tertiary/aromatic N) is 1. The van der Waals surface area contributed by atoms with Crippen molar-refractivity contribution in [3.05, 3.63) is 0 Å². The Hall–Kier alpha value is -0.0800. The summed E-state index contributed by atoms with van der Waals surface area (Å²) in [4.78, 5) is 2.15. The summed E-state index contributed by atoms with van der Waals surface area (Å²) >= 11 is 0. The zero-order chi connectivity index (χ0) is 9.07. The van der Waals surface area contributed by atoms with Crippen LogP contribution in [0.3, 0.4) is 0 Å². The van der Waals surface area contributed by atoms with Crippen LogP contribution in [0.5, 0.6) is 0 Å².